The predicted octanol–water partition coefficient (Wildman–Crippen LogP) is 3.50. The SMILES string of the molecule is CC(C)n1ncc(C(=O)N2CCN(Cc3cccs3)CC2)c1C(F)(F)F. The molecule has 0 saturated carbocycles. The van der Waals surface area contributed by atoms with Crippen LogP contribution in [0.2, 0.25) is 0 Å². The van der Waals surface area contributed by atoms with Gasteiger partial charge in [-0.1, -0.05) is 6.07 Å². The lowest BCUT2D eigenvalue weighted by Crippen LogP contribution is -2.48. The highest BCUT2D eigenvalue weighted by Gasteiger charge is 2.41. The first-order valence-electron chi connectivity index (χ1n) is 8.46. The van der Waals surface area contributed by atoms with Crippen LogP contribution in [-0.2, 0) is 12.7 Å². The summed E-state index contributed by atoms with van der Waals surface area (Å²) in [6, 6.07) is 3.57. The molecule has 1 fully saturated rings. The number of hydrogen-bond acceptors (Lipinski definition) is 4. The molecule has 1 aliphatic heterocycles. The molecule has 5 nitrogen and oxygen atoms in total. The van der Waals surface area contributed by atoms with Crippen molar-refractivity contribution in [2.45, 2.75) is 32.6 Å². The molecular formula is C17H21F3N4OS. The predicted molar refractivity (Wildman–Crippen MR) is 93.1 cm³/mol. The number of aromatic nitrogens is 2. The Morgan fingerprint density at radius 3 is 2.50 bits per heavy atom. The molecule has 1 amide bonds. The number of thiophene rings is 1. The van der Waals surface area contributed by atoms with Gasteiger partial charge in [0, 0.05) is 43.6 Å². The van der Waals surface area contributed by atoms with Gasteiger partial charge in [0.15, 0.2) is 5.69 Å². The van der Waals surface area contributed by atoms with Crippen molar-refractivity contribution in [3.8, 4) is 0 Å². The van der Waals surface area contributed by atoms with Crippen LogP contribution in [0.3, 0.4) is 0 Å². The molecular weight excluding hydrogens is 365 g/mol. The van der Waals surface area contributed by atoms with Crippen LogP contribution in [0.25, 0.3) is 0 Å². The zero-order valence-corrected chi connectivity index (χ0v) is 15.5. The fourth-order valence-electron chi connectivity index (χ4n) is 3.10. The fraction of sp³-hybridized carbons (Fsp3) is 0.529. The summed E-state index contributed by atoms with van der Waals surface area (Å²) in [7, 11) is 0. The molecule has 9 heteroatoms. The number of carbonyl (C=O) groups is 1. The van der Waals surface area contributed by atoms with E-state index in [0.717, 1.165) is 17.4 Å². The van der Waals surface area contributed by atoms with Crippen molar-refractivity contribution < 1.29 is 18.0 Å². The summed E-state index contributed by atoms with van der Waals surface area (Å²) in [6.07, 6.45) is -3.57. The highest BCUT2D eigenvalue weighted by molar-refractivity contribution is 7.09. The molecule has 3 rings (SSSR count). The van der Waals surface area contributed by atoms with E-state index in [1.807, 2.05) is 11.4 Å². The van der Waals surface area contributed by atoms with Crippen LogP contribution < -0.4 is 0 Å². The molecule has 0 bridgehead atoms. The molecule has 0 N–H and O–H groups in total. The molecule has 1 aliphatic rings. The molecule has 1 saturated heterocycles. The van der Waals surface area contributed by atoms with E-state index >= 15 is 0 Å². The summed E-state index contributed by atoms with van der Waals surface area (Å²) in [6.45, 7) is 6.13. The van der Waals surface area contributed by atoms with Gasteiger partial charge in [0.25, 0.3) is 5.91 Å². The highest BCUT2D eigenvalue weighted by atomic mass is 32.1. The number of alkyl halides is 3. The minimum atomic E-state index is -4.62. The molecule has 3 heterocycles. The third kappa shape index (κ3) is 3.93. The van der Waals surface area contributed by atoms with Gasteiger partial charge in [-0.3, -0.25) is 14.4 Å². The van der Waals surface area contributed by atoms with Crippen molar-refractivity contribution in [1.82, 2.24) is 19.6 Å². The van der Waals surface area contributed by atoms with Gasteiger partial charge in [-0.05, 0) is 25.3 Å². The smallest absolute Gasteiger partial charge is 0.336 e. The van der Waals surface area contributed by atoms with Gasteiger partial charge in [-0.15, -0.1) is 11.3 Å². The Morgan fingerprint density at radius 1 is 1.27 bits per heavy atom. The van der Waals surface area contributed by atoms with E-state index in [1.165, 1.54) is 9.78 Å². The number of halogens is 3. The van der Waals surface area contributed by atoms with Crippen LogP contribution in [0.15, 0.2) is 23.7 Å². The van der Waals surface area contributed by atoms with Crippen LogP contribution in [-0.4, -0.2) is 51.7 Å². The molecule has 2 aromatic rings. The zero-order valence-electron chi connectivity index (χ0n) is 14.7. The van der Waals surface area contributed by atoms with Crippen LogP contribution in [0.5, 0.6) is 0 Å². The number of carbonyl (C=O) groups excluding carboxylic acids is 1. The first-order valence-corrected chi connectivity index (χ1v) is 9.34. The molecule has 26 heavy (non-hydrogen) atoms. The Hall–Kier alpha value is -1.87. The van der Waals surface area contributed by atoms with Crippen molar-refractivity contribution in [2.24, 2.45) is 0 Å². The number of rotatable bonds is 4. The first kappa shape index (κ1) is 18.9. The lowest BCUT2D eigenvalue weighted by molar-refractivity contribution is -0.145. The van der Waals surface area contributed by atoms with Gasteiger partial charge in [-0.2, -0.15) is 18.3 Å². The third-order valence-corrected chi connectivity index (χ3v) is 5.26. The normalized spacial score (nSPS) is 16.5. The summed E-state index contributed by atoms with van der Waals surface area (Å²) >= 11 is 1.67. The van der Waals surface area contributed by atoms with Crippen LogP contribution in [0.1, 0.15) is 40.8 Å². The summed E-state index contributed by atoms with van der Waals surface area (Å²) < 4.78 is 41.3. The molecule has 0 aliphatic carbocycles. The lowest BCUT2D eigenvalue weighted by Gasteiger charge is -2.34. The average molecular weight is 386 g/mol. The maximum Gasteiger partial charge on any atom is 0.433 e. The van der Waals surface area contributed by atoms with Crippen molar-refractivity contribution >= 4 is 17.2 Å². The molecule has 0 aromatic carbocycles. The summed E-state index contributed by atoms with van der Waals surface area (Å²) in [4.78, 5) is 17.6. The number of nitrogens with zero attached hydrogens (tertiary/aromatic N) is 4. The quantitative estimate of drug-likeness (QED) is 0.808. The van der Waals surface area contributed by atoms with Gasteiger partial charge in [-0.25, -0.2) is 0 Å². The molecule has 2 aromatic heterocycles. The van der Waals surface area contributed by atoms with Crippen LogP contribution in [0.4, 0.5) is 13.2 Å². The molecule has 142 valence electrons. The van der Waals surface area contributed by atoms with Crippen LogP contribution in [0, 0.1) is 0 Å². The Morgan fingerprint density at radius 2 is 1.96 bits per heavy atom. The molecule has 0 spiro atoms. The summed E-state index contributed by atoms with van der Waals surface area (Å²) in [5.41, 5.74) is -1.32. The van der Waals surface area contributed by atoms with E-state index in [4.69, 9.17) is 0 Å². The number of amides is 1. The Labute approximate surface area is 154 Å². The largest absolute Gasteiger partial charge is 0.433 e. The second-order valence-corrected chi connectivity index (χ2v) is 7.62. The Bertz CT molecular complexity index is 747. The highest BCUT2D eigenvalue weighted by Crippen LogP contribution is 2.34. The lowest BCUT2D eigenvalue weighted by atomic mass is 10.1. The van der Waals surface area contributed by atoms with E-state index in [0.29, 0.717) is 26.2 Å². The second kappa shape index (κ2) is 7.40. The number of hydrogen-bond donors (Lipinski definition) is 0. The van der Waals surface area contributed by atoms with Gasteiger partial charge in [0.2, 0.25) is 0 Å². The maximum absolute atomic E-state index is 13.5. The van der Waals surface area contributed by atoms with Gasteiger partial charge < -0.3 is 4.90 Å². The van der Waals surface area contributed by atoms with E-state index in [-0.39, 0.29) is 5.56 Å². The van der Waals surface area contributed by atoms with Crippen LogP contribution >= 0.6 is 11.3 Å². The van der Waals surface area contributed by atoms with Crippen molar-refractivity contribution in [2.75, 3.05) is 26.2 Å². The maximum atomic E-state index is 13.5. The van der Waals surface area contributed by atoms with Crippen molar-refractivity contribution in [1.29, 1.82) is 0 Å². The first-order chi connectivity index (χ1) is 12.3. The van der Waals surface area contributed by atoms with E-state index in [2.05, 4.69) is 16.1 Å². The van der Waals surface area contributed by atoms with E-state index in [1.54, 1.807) is 25.2 Å². The number of piperazine rings is 1. The minimum Gasteiger partial charge on any atom is -0.336 e. The monoisotopic (exact) mass is 386 g/mol. The molecule has 0 atom stereocenters. The van der Waals surface area contributed by atoms with E-state index in [9.17, 15) is 18.0 Å². The van der Waals surface area contributed by atoms with Gasteiger partial charge in [0.1, 0.15) is 0 Å². The minimum absolute atomic E-state index is 0.363. The fourth-order valence-corrected chi connectivity index (χ4v) is 3.84. The molecule has 0 unspecified atom stereocenters. The van der Waals surface area contributed by atoms with Gasteiger partial charge in [0.05, 0.1) is 11.8 Å². The summed E-state index contributed by atoms with van der Waals surface area (Å²) in [5, 5.41) is 5.82. The standard InChI is InChI=1S/C17H21F3N4OS/c1-12(2)24-15(17(18,19)20)14(10-21-24)16(25)23-7-5-22(6-8-23)11-13-4-3-9-26-13/h3-4,9-10,12H,5-8,11H2,1-2H3. The van der Waals surface area contributed by atoms with Crippen molar-refractivity contribution in [3.05, 3.63) is 39.8 Å². The zero-order chi connectivity index (χ0) is 18.9. The Balaban J connectivity index is 1.71. The topological polar surface area (TPSA) is 41.4 Å². The average Bonchev–Trinajstić information content (AvgIpc) is 3.23. The summed E-state index contributed by atoms with van der Waals surface area (Å²) in [5.74, 6) is -0.597. The molecule has 0 radical (unpaired) electrons. The third-order valence-electron chi connectivity index (χ3n) is 4.40. The van der Waals surface area contributed by atoms with Crippen molar-refractivity contribution in [3.63, 3.8) is 0 Å². The van der Waals surface area contributed by atoms with E-state index < -0.39 is 23.8 Å². The Kier molecular flexibility index (Phi) is 5.38. The van der Waals surface area contributed by atoms with Gasteiger partial charge >= 0.3 is 6.18 Å². The second-order valence-electron chi connectivity index (χ2n) is 6.59.